The molecule has 0 amide bonds. The van der Waals surface area contributed by atoms with Crippen LogP contribution in [0.2, 0.25) is 14.8 Å². The van der Waals surface area contributed by atoms with Crippen LogP contribution >= 0.6 is 11.3 Å². The van der Waals surface area contributed by atoms with Gasteiger partial charge in [-0.3, -0.25) is 0 Å². The van der Waals surface area contributed by atoms with Crippen molar-refractivity contribution in [2.24, 2.45) is 0 Å². The summed E-state index contributed by atoms with van der Waals surface area (Å²) in [5.41, 5.74) is 0.456. The Labute approximate surface area is 125 Å². The maximum absolute atomic E-state index is 12.4. The van der Waals surface area contributed by atoms with Crippen LogP contribution in [0.4, 0.5) is 0 Å². The summed E-state index contributed by atoms with van der Waals surface area (Å²) >= 11 is -0.495. The third kappa shape index (κ3) is 5.10. The number of carbonyl (C=O) groups is 1. The van der Waals surface area contributed by atoms with E-state index >= 15 is 0 Å². The van der Waals surface area contributed by atoms with Gasteiger partial charge in [0, 0.05) is 0 Å². The number of esters is 1. The van der Waals surface area contributed by atoms with Crippen LogP contribution in [0.25, 0.3) is 0 Å². The van der Waals surface area contributed by atoms with Crippen molar-refractivity contribution in [3.8, 4) is 0 Å². The van der Waals surface area contributed by atoms with Gasteiger partial charge in [-0.25, -0.2) is 0 Å². The quantitative estimate of drug-likeness (QED) is 0.532. The Hall–Kier alpha value is -0.0313. The fourth-order valence-electron chi connectivity index (χ4n) is 2.01. The van der Waals surface area contributed by atoms with Gasteiger partial charge in [-0.05, 0) is 0 Å². The summed E-state index contributed by atoms with van der Waals surface area (Å²) in [4.78, 5) is 19.4. The van der Waals surface area contributed by atoms with Gasteiger partial charge < -0.3 is 0 Å². The zero-order valence-electron chi connectivity index (χ0n) is 13.0. The van der Waals surface area contributed by atoms with Gasteiger partial charge in [0.05, 0.1) is 0 Å². The Morgan fingerprint density at radius 2 is 2.00 bits per heavy atom. The second-order valence-corrected chi connectivity index (χ2v) is 22.9. The molecule has 4 heteroatoms. The molecular formula is C15H26O2SSn. The summed E-state index contributed by atoms with van der Waals surface area (Å²) in [7, 11) is 0. The molecule has 0 bridgehead atoms. The van der Waals surface area contributed by atoms with Crippen molar-refractivity contribution < 1.29 is 9.53 Å². The predicted octanol–water partition coefficient (Wildman–Crippen LogP) is 4.42. The zero-order valence-corrected chi connectivity index (χ0v) is 16.7. The van der Waals surface area contributed by atoms with Crippen LogP contribution in [0.1, 0.15) is 50.4 Å². The molecule has 0 unspecified atom stereocenters. The standard InChI is InChI=1S/C12H17O2S.3CH3.Sn/c1-4-5-7-12(2,3)14-11(13)10-6-8-15-9-10;;;;/h6,8H,4-5,7H2,1-3H3;3*1H3;. The van der Waals surface area contributed by atoms with E-state index in [4.69, 9.17) is 4.74 Å². The van der Waals surface area contributed by atoms with Gasteiger partial charge in [0.15, 0.2) is 0 Å². The van der Waals surface area contributed by atoms with E-state index in [1.165, 1.54) is 2.89 Å². The predicted molar refractivity (Wildman–Crippen MR) is 86.3 cm³/mol. The van der Waals surface area contributed by atoms with Crippen LogP contribution in [0.3, 0.4) is 0 Å². The average Bonchev–Trinajstić information content (AvgIpc) is 2.74. The molecule has 1 aromatic heterocycles. The third-order valence-corrected chi connectivity index (χ3v) is 13.6. The number of ether oxygens (including phenoxy) is 1. The van der Waals surface area contributed by atoms with Crippen molar-refractivity contribution in [3.05, 3.63) is 17.0 Å². The Bertz CT molecular complexity index is 430. The number of hydrogen-bond acceptors (Lipinski definition) is 3. The van der Waals surface area contributed by atoms with E-state index < -0.39 is 18.4 Å². The van der Waals surface area contributed by atoms with E-state index in [0.717, 1.165) is 24.8 Å². The minimum atomic E-state index is -2.22. The van der Waals surface area contributed by atoms with E-state index in [2.05, 4.69) is 21.7 Å². The maximum atomic E-state index is 12.4. The van der Waals surface area contributed by atoms with Gasteiger partial charge in [-0.15, -0.1) is 0 Å². The molecule has 0 aliphatic carbocycles. The molecule has 0 radical (unpaired) electrons. The van der Waals surface area contributed by atoms with Crippen molar-refractivity contribution in [1.82, 2.24) is 0 Å². The molecule has 0 saturated carbocycles. The Balaban J connectivity index is 2.82. The van der Waals surface area contributed by atoms with Crippen LogP contribution < -0.4 is 2.89 Å². The molecule has 0 spiro atoms. The first-order valence-corrected chi connectivity index (χ1v) is 17.9. The van der Waals surface area contributed by atoms with Crippen LogP contribution in [0, 0.1) is 0 Å². The number of thiophene rings is 1. The number of rotatable bonds is 6. The average molecular weight is 389 g/mol. The summed E-state index contributed by atoms with van der Waals surface area (Å²) in [6, 6.07) is 1.93. The normalized spacial score (nSPS) is 12.5. The summed E-state index contributed by atoms with van der Waals surface area (Å²) in [5.74, 6) is -0.135. The molecule has 2 nitrogen and oxygen atoms in total. The first-order valence-electron chi connectivity index (χ1n) is 6.98. The molecular weight excluding hydrogens is 363 g/mol. The van der Waals surface area contributed by atoms with Crippen LogP contribution in [-0.2, 0) is 4.74 Å². The van der Waals surface area contributed by atoms with E-state index in [0.29, 0.717) is 0 Å². The zero-order chi connectivity index (χ0) is 14.7. The number of unbranched alkanes of at least 4 members (excludes halogenated alkanes) is 1. The van der Waals surface area contributed by atoms with E-state index in [1.54, 1.807) is 11.3 Å². The van der Waals surface area contributed by atoms with Crippen molar-refractivity contribution in [1.29, 1.82) is 0 Å². The summed E-state index contributed by atoms with van der Waals surface area (Å²) in [6.07, 6.45) is 3.14. The molecule has 0 fully saturated rings. The van der Waals surface area contributed by atoms with Gasteiger partial charge >= 0.3 is 126 Å². The molecule has 0 aliphatic rings. The fraction of sp³-hybridized carbons (Fsp3) is 0.667. The topological polar surface area (TPSA) is 26.3 Å². The molecule has 108 valence electrons. The Kier molecular flexibility index (Phi) is 5.93. The first-order chi connectivity index (χ1) is 8.67. The SMILES string of the molecule is CCCCC(C)(C)OC(=O)c1ccs[c]1[Sn]([CH3])([CH3])[CH3]. The molecule has 0 aromatic carbocycles. The molecule has 1 rings (SSSR count). The number of carbonyl (C=O) groups excluding carboxylic acids is 1. The van der Waals surface area contributed by atoms with E-state index in [9.17, 15) is 4.79 Å². The van der Waals surface area contributed by atoms with Crippen LogP contribution in [0.5, 0.6) is 0 Å². The van der Waals surface area contributed by atoms with Crippen molar-refractivity contribution in [2.45, 2.75) is 60.5 Å². The molecule has 0 N–H and O–H groups in total. The second kappa shape index (κ2) is 6.61. The Morgan fingerprint density at radius 1 is 1.37 bits per heavy atom. The van der Waals surface area contributed by atoms with Crippen molar-refractivity contribution in [2.75, 3.05) is 0 Å². The van der Waals surface area contributed by atoms with Crippen molar-refractivity contribution in [3.63, 3.8) is 0 Å². The monoisotopic (exact) mass is 390 g/mol. The van der Waals surface area contributed by atoms with Gasteiger partial charge in [-0.1, -0.05) is 0 Å². The van der Waals surface area contributed by atoms with Crippen LogP contribution in [0.15, 0.2) is 11.4 Å². The van der Waals surface area contributed by atoms with Crippen molar-refractivity contribution >= 4 is 38.6 Å². The summed E-state index contributed by atoms with van der Waals surface area (Å²) in [6.45, 7) is 6.17. The number of hydrogen-bond donors (Lipinski definition) is 0. The minimum absolute atomic E-state index is 0.135. The summed E-state index contributed by atoms with van der Waals surface area (Å²) < 4.78 is 7.03. The summed E-state index contributed by atoms with van der Waals surface area (Å²) in [5, 5.41) is 2.02. The van der Waals surface area contributed by atoms with E-state index in [1.807, 2.05) is 25.3 Å². The van der Waals surface area contributed by atoms with Gasteiger partial charge in [0.1, 0.15) is 0 Å². The molecule has 1 heterocycles. The fourth-order valence-corrected chi connectivity index (χ4v) is 9.43. The molecule has 0 aliphatic heterocycles. The van der Waals surface area contributed by atoms with Gasteiger partial charge in [-0.2, -0.15) is 0 Å². The molecule has 0 saturated heterocycles. The van der Waals surface area contributed by atoms with Gasteiger partial charge in [0.25, 0.3) is 0 Å². The molecule has 0 atom stereocenters. The van der Waals surface area contributed by atoms with E-state index in [-0.39, 0.29) is 11.6 Å². The van der Waals surface area contributed by atoms with Crippen LogP contribution in [-0.4, -0.2) is 29.9 Å². The second-order valence-electron chi connectivity index (χ2n) is 6.67. The Morgan fingerprint density at radius 3 is 2.53 bits per heavy atom. The third-order valence-electron chi connectivity index (χ3n) is 3.07. The first kappa shape index (κ1) is 17.0. The molecule has 19 heavy (non-hydrogen) atoms. The molecule has 1 aromatic rings. The van der Waals surface area contributed by atoms with Gasteiger partial charge in [0.2, 0.25) is 0 Å².